The fourth-order valence-corrected chi connectivity index (χ4v) is 5.70. The van der Waals surface area contributed by atoms with Crippen LogP contribution in [0.5, 0.6) is 5.75 Å². The molecule has 8 nitrogen and oxygen atoms in total. The number of nitrogens with zero attached hydrogens (tertiary/aromatic N) is 4. The molecule has 2 aromatic carbocycles. The SMILES string of the molecule is NC[C@H](O)COc1ccc(C23CC(C(F)(F)C(O)(Cn4cnnn4)c4ccc(F)cc4F)(C2)C3)cc1. The second kappa shape index (κ2) is 8.49. The maximum absolute atomic E-state index is 16.2. The van der Waals surface area contributed by atoms with Gasteiger partial charge in [0.15, 0.2) is 5.60 Å². The Bertz CT molecular complexity index is 1220. The van der Waals surface area contributed by atoms with E-state index in [1.807, 2.05) is 0 Å². The Balaban J connectivity index is 1.38. The van der Waals surface area contributed by atoms with Gasteiger partial charge in [0.1, 0.15) is 36.4 Å². The Labute approximate surface area is 203 Å². The summed E-state index contributed by atoms with van der Waals surface area (Å²) < 4.78 is 67.0. The van der Waals surface area contributed by atoms with E-state index in [9.17, 15) is 19.0 Å². The zero-order valence-corrected chi connectivity index (χ0v) is 19.1. The molecule has 6 rings (SSSR count). The first kappa shape index (κ1) is 24.6. The lowest BCUT2D eigenvalue weighted by atomic mass is 9.30. The smallest absolute Gasteiger partial charge is 0.287 e. The lowest BCUT2D eigenvalue weighted by Gasteiger charge is -2.74. The third-order valence-electron chi connectivity index (χ3n) is 7.56. The molecule has 2 atom stereocenters. The largest absolute Gasteiger partial charge is 0.491 e. The molecule has 0 radical (unpaired) electrons. The average molecular weight is 507 g/mol. The van der Waals surface area contributed by atoms with E-state index in [4.69, 9.17) is 10.5 Å². The molecule has 0 saturated heterocycles. The molecule has 1 unspecified atom stereocenters. The molecule has 4 N–H and O–H groups in total. The zero-order valence-electron chi connectivity index (χ0n) is 19.1. The van der Waals surface area contributed by atoms with Gasteiger partial charge < -0.3 is 20.7 Å². The van der Waals surface area contributed by atoms with Crippen LogP contribution in [0.4, 0.5) is 17.6 Å². The Hall–Kier alpha value is -3.09. The lowest BCUT2D eigenvalue weighted by Crippen LogP contribution is -2.76. The Morgan fingerprint density at radius 2 is 1.81 bits per heavy atom. The van der Waals surface area contributed by atoms with Gasteiger partial charge in [0.05, 0.1) is 6.54 Å². The Kier molecular flexibility index (Phi) is 5.80. The van der Waals surface area contributed by atoms with Gasteiger partial charge in [-0.3, -0.25) is 0 Å². The Morgan fingerprint density at radius 1 is 1.11 bits per heavy atom. The molecule has 3 fully saturated rings. The molecule has 12 heteroatoms. The third-order valence-corrected chi connectivity index (χ3v) is 7.56. The van der Waals surface area contributed by atoms with Crippen LogP contribution in [-0.4, -0.2) is 55.6 Å². The number of aromatic nitrogens is 4. The van der Waals surface area contributed by atoms with Gasteiger partial charge in [-0.05, 0) is 64.9 Å². The van der Waals surface area contributed by atoms with E-state index in [0.29, 0.717) is 11.8 Å². The van der Waals surface area contributed by atoms with Crippen LogP contribution in [0.3, 0.4) is 0 Å². The number of tetrazole rings is 1. The van der Waals surface area contributed by atoms with Crippen molar-refractivity contribution in [1.82, 2.24) is 20.2 Å². The molecule has 2 bridgehead atoms. The number of aliphatic hydroxyl groups excluding tert-OH is 1. The quantitative estimate of drug-likeness (QED) is 0.360. The van der Waals surface area contributed by atoms with Crippen LogP contribution in [0.25, 0.3) is 0 Å². The van der Waals surface area contributed by atoms with Crippen molar-refractivity contribution < 1.29 is 32.5 Å². The minimum Gasteiger partial charge on any atom is -0.491 e. The number of alkyl halides is 2. The fraction of sp³-hybridized carbons (Fsp3) is 0.458. The van der Waals surface area contributed by atoms with Crippen molar-refractivity contribution in [2.75, 3.05) is 13.2 Å². The van der Waals surface area contributed by atoms with E-state index in [-0.39, 0.29) is 32.4 Å². The summed E-state index contributed by atoms with van der Waals surface area (Å²) in [6.07, 6.45) is 0.504. The number of hydrogen-bond donors (Lipinski definition) is 3. The van der Waals surface area contributed by atoms with Gasteiger partial charge in [-0.1, -0.05) is 12.1 Å². The second-order valence-electron chi connectivity index (χ2n) is 9.88. The number of benzene rings is 2. The summed E-state index contributed by atoms with van der Waals surface area (Å²) in [7, 11) is 0. The molecule has 3 aromatic rings. The molecule has 3 aliphatic carbocycles. The normalized spacial score (nSPS) is 25.4. The first-order chi connectivity index (χ1) is 17.0. The third kappa shape index (κ3) is 3.66. The molecular formula is C24H25F4N5O3. The molecular weight excluding hydrogens is 482 g/mol. The van der Waals surface area contributed by atoms with E-state index >= 15 is 8.78 Å². The van der Waals surface area contributed by atoms with Crippen LogP contribution >= 0.6 is 0 Å². The fourth-order valence-electron chi connectivity index (χ4n) is 5.70. The summed E-state index contributed by atoms with van der Waals surface area (Å²) in [4.78, 5) is 0. The molecule has 0 amide bonds. The number of aliphatic hydroxyl groups is 2. The highest BCUT2D eigenvalue weighted by Crippen LogP contribution is 2.80. The average Bonchev–Trinajstić information content (AvgIpc) is 3.29. The molecule has 1 aromatic heterocycles. The van der Waals surface area contributed by atoms with Gasteiger partial charge in [-0.2, -0.15) is 0 Å². The van der Waals surface area contributed by atoms with E-state index in [1.54, 1.807) is 24.3 Å². The molecule has 36 heavy (non-hydrogen) atoms. The van der Waals surface area contributed by atoms with Crippen LogP contribution in [-0.2, 0) is 17.6 Å². The summed E-state index contributed by atoms with van der Waals surface area (Å²) in [5.74, 6) is -5.49. The van der Waals surface area contributed by atoms with Crippen LogP contribution in [0.1, 0.15) is 30.4 Å². The summed E-state index contributed by atoms with van der Waals surface area (Å²) in [6, 6.07) is 9.12. The van der Waals surface area contributed by atoms with Crippen molar-refractivity contribution >= 4 is 0 Å². The van der Waals surface area contributed by atoms with E-state index in [1.165, 1.54) is 0 Å². The van der Waals surface area contributed by atoms with Crippen molar-refractivity contribution in [3.8, 4) is 5.75 Å². The van der Waals surface area contributed by atoms with E-state index in [0.717, 1.165) is 28.7 Å². The summed E-state index contributed by atoms with van der Waals surface area (Å²) in [5, 5.41) is 31.3. The van der Waals surface area contributed by atoms with Crippen LogP contribution < -0.4 is 10.5 Å². The molecule has 3 saturated carbocycles. The monoisotopic (exact) mass is 507 g/mol. The van der Waals surface area contributed by atoms with Crippen molar-refractivity contribution in [2.24, 2.45) is 11.1 Å². The number of nitrogens with two attached hydrogens (primary N) is 1. The van der Waals surface area contributed by atoms with Gasteiger partial charge in [0, 0.05) is 23.6 Å². The number of rotatable bonds is 10. The van der Waals surface area contributed by atoms with Crippen LogP contribution in [0.2, 0.25) is 0 Å². The number of hydrogen-bond acceptors (Lipinski definition) is 7. The van der Waals surface area contributed by atoms with Crippen molar-refractivity contribution in [3.63, 3.8) is 0 Å². The minimum absolute atomic E-state index is 0.0378. The highest BCUT2D eigenvalue weighted by Gasteiger charge is 2.82. The minimum atomic E-state index is -3.78. The number of ether oxygens (including phenoxy) is 1. The maximum Gasteiger partial charge on any atom is 0.287 e. The van der Waals surface area contributed by atoms with Gasteiger partial charge >= 0.3 is 0 Å². The van der Waals surface area contributed by atoms with Crippen molar-refractivity contribution in [3.05, 3.63) is 71.6 Å². The van der Waals surface area contributed by atoms with E-state index in [2.05, 4.69) is 15.5 Å². The summed E-state index contributed by atoms with van der Waals surface area (Å²) in [6.45, 7) is -0.708. The van der Waals surface area contributed by atoms with Gasteiger partial charge in [-0.15, -0.1) is 5.10 Å². The first-order valence-electron chi connectivity index (χ1n) is 11.4. The molecule has 1 heterocycles. The predicted octanol–water partition coefficient (Wildman–Crippen LogP) is 2.29. The highest BCUT2D eigenvalue weighted by atomic mass is 19.3. The standard InChI is InChI=1S/C24H25F4N5O3/c25-16-3-6-19(20(26)7-16)23(35,13-33-14-30-31-32-33)24(27,28)22-10-21(11-22,12-22)15-1-4-18(5-2-15)36-9-17(34)8-29/h1-7,14,17,34-35H,8-13,29H2/t17-,21?,22?,23?/m0/s1. The van der Waals surface area contributed by atoms with Crippen molar-refractivity contribution in [2.45, 2.75) is 48.8 Å². The highest BCUT2D eigenvalue weighted by molar-refractivity contribution is 5.44. The van der Waals surface area contributed by atoms with Gasteiger partial charge in [0.2, 0.25) is 0 Å². The summed E-state index contributed by atoms with van der Waals surface area (Å²) in [5.41, 5.74) is 0.409. The Morgan fingerprint density at radius 3 is 2.39 bits per heavy atom. The maximum atomic E-state index is 16.2. The van der Waals surface area contributed by atoms with Gasteiger partial charge in [0.25, 0.3) is 5.92 Å². The van der Waals surface area contributed by atoms with Gasteiger partial charge in [-0.25, -0.2) is 22.2 Å². The number of halogens is 4. The topological polar surface area (TPSA) is 119 Å². The molecule has 0 spiro atoms. The molecule has 3 aliphatic rings. The first-order valence-corrected chi connectivity index (χ1v) is 11.4. The van der Waals surface area contributed by atoms with E-state index < -0.39 is 52.2 Å². The summed E-state index contributed by atoms with van der Waals surface area (Å²) >= 11 is 0. The van der Waals surface area contributed by atoms with Crippen molar-refractivity contribution in [1.29, 1.82) is 0 Å². The van der Waals surface area contributed by atoms with Crippen LogP contribution in [0, 0.1) is 17.0 Å². The molecule has 192 valence electrons. The molecule has 0 aliphatic heterocycles. The predicted molar refractivity (Wildman–Crippen MR) is 118 cm³/mol. The second-order valence-corrected chi connectivity index (χ2v) is 9.88. The van der Waals surface area contributed by atoms with Crippen LogP contribution in [0.15, 0.2) is 48.8 Å². The lowest BCUT2D eigenvalue weighted by molar-refractivity contribution is -0.347. The zero-order chi connectivity index (χ0) is 25.8.